The molecule has 2 heterocycles. The van der Waals surface area contributed by atoms with E-state index in [1.165, 1.54) is 33.3 Å². The van der Waals surface area contributed by atoms with Gasteiger partial charge in [-0.3, -0.25) is 0 Å². The maximum atomic E-state index is 3.70. The van der Waals surface area contributed by atoms with Gasteiger partial charge in [0.1, 0.15) is 0 Å². The fourth-order valence-corrected chi connectivity index (χ4v) is 3.46. The monoisotopic (exact) mass is 276 g/mol. The third-order valence-corrected chi connectivity index (χ3v) is 4.58. The van der Waals surface area contributed by atoms with Crippen molar-refractivity contribution in [3.05, 3.63) is 70.9 Å². The predicted octanol–water partition coefficient (Wildman–Crippen LogP) is 3.73. The fourth-order valence-electron chi connectivity index (χ4n) is 3.46. The molecule has 2 heteroatoms. The van der Waals surface area contributed by atoms with Crippen LogP contribution in [0.5, 0.6) is 0 Å². The molecular formula is C19H20N2. The molecule has 0 amide bonds. The summed E-state index contributed by atoms with van der Waals surface area (Å²) < 4.78 is 0. The summed E-state index contributed by atoms with van der Waals surface area (Å²) in [4.78, 5) is 3.66. The van der Waals surface area contributed by atoms with E-state index in [-0.39, 0.29) is 0 Å². The molecule has 0 saturated heterocycles. The van der Waals surface area contributed by atoms with Crippen LogP contribution < -0.4 is 5.32 Å². The van der Waals surface area contributed by atoms with Crippen molar-refractivity contribution in [2.24, 2.45) is 0 Å². The summed E-state index contributed by atoms with van der Waals surface area (Å²) >= 11 is 0. The minimum atomic E-state index is 0.522. The first-order valence-corrected chi connectivity index (χ1v) is 7.67. The zero-order chi connectivity index (χ0) is 14.2. The van der Waals surface area contributed by atoms with E-state index in [1.54, 1.807) is 0 Å². The Morgan fingerprint density at radius 2 is 1.90 bits per heavy atom. The molecule has 2 nitrogen and oxygen atoms in total. The second-order valence-electron chi connectivity index (χ2n) is 6.05. The molecule has 1 aliphatic rings. The van der Waals surface area contributed by atoms with Crippen LogP contribution in [0.3, 0.4) is 0 Å². The van der Waals surface area contributed by atoms with E-state index in [4.69, 9.17) is 0 Å². The third kappa shape index (κ3) is 2.26. The number of hydrogen-bond acceptors (Lipinski definition) is 1. The Bertz CT molecular complexity index is 771. The van der Waals surface area contributed by atoms with Crippen LogP contribution in [0.25, 0.3) is 10.9 Å². The van der Waals surface area contributed by atoms with Crippen molar-refractivity contribution in [2.75, 3.05) is 0 Å². The van der Waals surface area contributed by atoms with Crippen LogP contribution in [0.15, 0.2) is 48.5 Å². The van der Waals surface area contributed by atoms with Crippen molar-refractivity contribution >= 4 is 10.9 Å². The number of rotatable bonds is 2. The summed E-state index contributed by atoms with van der Waals surface area (Å²) in [6.07, 6.45) is 2.17. The van der Waals surface area contributed by atoms with Crippen molar-refractivity contribution in [3.63, 3.8) is 0 Å². The van der Waals surface area contributed by atoms with Gasteiger partial charge in [-0.2, -0.15) is 0 Å². The van der Waals surface area contributed by atoms with E-state index in [1.807, 2.05) is 0 Å². The fraction of sp³-hybridized carbons (Fsp3) is 0.263. The van der Waals surface area contributed by atoms with Gasteiger partial charge in [-0.25, -0.2) is 0 Å². The number of fused-ring (bicyclic) bond motifs is 3. The lowest BCUT2D eigenvalue weighted by Gasteiger charge is -2.24. The molecule has 0 saturated carbocycles. The quantitative estimate of drug-likeness (QED) is 0.733. The molecule has 0 spiro atoms. The number of hydrogen-bond donors (Lipinski definition) is 2. The van der Waals surface area contributed by atoms with Crippen LogP contribution in [-0.2, 0) is 19.4 Å². The molecule has 2 N–H and O–H groups in total. The first-order chi connectivity index (χ1) is 10.3. The number of nitrogens with one attached hydrogen (secondary N) is 2. The van der Waals surface area contributed by atoms with Gasteiger partial charge in [0.2, 0.25) is 0 Å². The van der Waals surface area contributed by atoms with Gasteiger partial charge >= 0.3 is 0 Å². The lowest BCUT2D eigenvalue weighted by Crippen LogP contribution is -2.37. The number of aryl methyl sites for hydroxylation is 1. The summed E-state index contributed by atoms with van der Waals surface area (Å²) in [6, 6.07) is 17.8. The molecule has 2 aromatic carbocycles. The summed E-state index contributed by atoms with van der Waals surface area (Å²) in [5.74, 6) is 0. The minimum absolute atomic E-state index is 0.522. The molecule has 0 radical (unpaired) electrons. The average molecular weight is 276 g/mol. The minimum Gasteiger partial charge on any atom is -0.358 e. The summed E-state index contributed by atoms with van der Waals surface area (Å²) in [5.41, 5.74) is 6.92. The summed E-state index contributed by atoms with van der Waals surface area (Å²) in [5, 5.41) is 5.09. The summed E-state index contributed by atoms with van der Waals surface area (Å²) in [6.45, 7) is 3.15. The second-order valence-corrected chi connectivity index (χ2v) is 6.05. The SMILES string of the molecule is Cc1cccc2c3c([nH]c12)CC(Cc1ccccc1)NC3. The molecule has 1 aliphatic heterocycles. The van der Waals surface area contributed by atoms with E-state index in [2.05, 4.69) is 65.8 Å². The maximum absolute atomic E-state index is 3.70. The first-order valence-electron chi connectivity index (χ1n) is 7.67. The molecular weight excluding hydrogens is 256 g/mol. The van der Waals surface area contributed by atoms with Crippen molar-refractivity contribution in [1.29, 1.82) is 0 Å². The van der Waals surface area contributed by atoms with Gasteiger partial charge in [0.05, 0.1) is 0 Å². The zero-order valence-corrected chi connectivity index (χ0v) is 12.3. The van der Waals surface area contributed by atoms with Crippen molar-refractivity contribution in [2.45, 2.75) is 32.4 Å². The van der Waals surface area contributed by atoms with E-state index in [9.17, 15) is 0 Å². The number of aromatic amines is 1. The van der Waals surface area contributed by atoms with Gasteiger partial charge in [0, 0.05) is 35.6 Å². The highest BCUT2D eigenvalue weighted by molar-refractivity contribution is 5.87. The topological polar surface area (TPSA) is 27.8 Å². The molecule has 0 fully saturated rings. The molecule has 0 bridgehead atoms. The Kier molecular flexibility index (Phi) is 3.04. The molecule has 3 aromatic rings. The van der Waals surface area contributed by atoms with Gasteiger partial charge in [-0.1, -0.05) is 48.5 Å². The highest BCUT2D eigenvalue weighted by Gasteiger charge is 2.22. The standard InChI is InChI=1S/C19H20N2/c1-13-6-5-9-16-17-12-20-15(11-18(17)21-19(13)16)10-14-7-3-2-4-8-14/h2-9,15,20-21H,10-12H2,1H3. The third-order valence-electron chi connectivity index (χ3n) is 4.58. The van der Waals surface area contributed by atoms with Crippen LogP contribution in [0.1, 0.15) is 22.4 Å². The number of aromatic nitrogens is 1. The van der Waals surface area contributed by atoms with Crippen LogP contribution in [0.4, 0.5) is 0 Å². The normalized spacial score (nSPS) is 17.9. The summed E-state index contributed by atoms with van der Waals surface area (Å²) in [7, 11) is 0. The largest absolute Gasteiger partial charge is 0.358 e. The van der Waals surface area contributed by atoms with Crippen molar-refractivity contribution in [1.82, 2.24) is 10.3 Å². The van der Waals surface area contributed by atoms with Crippen LogP contribution in [0, 0.1) is 6.92 Å². The molecule has 1 unspecified atom stereocenters. The van der Waals surface area contributed by atoms with Gasteiger partial charge in [0.25, 0.3) is 0 Å². The predicted molar refractivity (Wildman–Crippen MR) is 87.5 cm³/mol. The molecule has 4 rings (SSSR count). The molecule has 1 atom stereocenters. The number of benzene rings is 2. The van der Waals surface area contributed by atoms with Crippen LogP contribution in [0.2, 0.25) is 0 Å². The Morgan fingerprint density at radius 1 is 1.05 bits per heavy atom. The van der Waals surface area contributed by atoms with E-state index in [0.717, 1.165) is 19.4 Å². The smallest absolute Gasteiger partial charge is 0.0489 e. The van der Waals surface area contributed by atoms with E-state index in [0.29, 0.717) is 6.04 Å². The second kappa shape index (κ2) is 5.05. The average Bonchev–Trinajstić information content (AvgIpc) is 2.88. The van der Waals surface area contributed by atoms with E-state index >= 15 is 0 Å². The number of para-hydroxylation sites is 1. The molecule has 21 heavy (non-hydrogen) atoms. The van der Waals surface area contributed by atoms with Gasteiger partial charge in [-0.05, 0) is 30.0 Å². The van der Waals surface area contributed by atoms with Gasteiger partial charge in [-0.15, -0.1) is 0 Å². The molecule has 0 aliphatic carbocycles. The highest BCUT2D eigenvalue weighted by Crippen LogP contribution is 2.28. The molecule has 1 aromatic heterocycles. The lowest BCUT2D eigenvalue weighted by atomic mass is 9.95. The van der Waals surface area contributed by atoms with Crippen LogP contribution >= 0.6 is 0 Å². The van der Waals surface area contributed by atoms with Gasteiger partial charge < -0.3 is 10.3 Å². The Labute approximate surface area is 125 Å². The van der Waals surface area contributed by atoms with Crippen LogP contribution in [-0.4, -0.2) is 11.0 Å². The van der Waals surface area contributed by atoms with Crippen molar-refractivity contribution < 1.29 is 0 Å². The van der Waals surface area contributed by atoms with Gasteiger partial charge in [0.15, 0.2) is 0 Å². The zero-order valence-electron chi connectivity index (χ0n) is 12.3. The number of H-pyrrole nitrogens is 1. The maximum Gasteiger partial charge on any atom is 0.0489 e. The van der Waals surface area contributed by atoms with Crippen molar-refractivity contribution in [3.8, 4) is 0 Å². The first kappa shape index (κ1) is 12.7. The lowest BCUT2D eigenvalue weighted by molar-refractivity contribution is 0.475. The Morgan fingerprint density at radius 3 is 2.76 bits per heavy atom. The molecule has 106 valence electrons. The highest BCUT2D eigenvalue weighted by atomic mass is 14.9. The van der Waals surface area contributed by atoms with E-state index < -0.39 is 0 Å². The Balaban J connectivity index is 1.63. The Hall–Kier alpha value is -2.06.